The van der Waals surface area contributed by atoms with Crippen molar-refractivity contribution >= 4 is 68.7 Å². The van der Waals surface area contributed by atoms with E-state index in [1.165, 1.54) is 17.4 Å². The molecular formula is C23H20Cl2N2O4S2. The zero-order valence-corrected chi connectivity index (χ0v) is 20.8. The molecule has 10 heteroatoms. The lowest BCUT2D eigenvalue weighted by molar-refractivity contribution is 0.0526. The van der Waals surface area contributed by atoms with E-state index in [0.29, 0.717) is 31.9 Å². The van der Waals surface area contributed by atoms with Gasteiger partial charge in [-0.25, -0.2) is 4.79 Å². The summed E-state index contributed by atoms with van der Waals surface area (Å²) in [6.45, 7) is 2.05. The van der Waals surface area contributed by atoms with Crippen LogP contribution in [0, 0.1) is 0 Å². The summed E-state index contributed by atoms with van der Waals surface area (Å²) >= 11 is 19.1. The number of benzene rings is 1. The van der Waals surface area contributed by atoms with Crippen molar-refractivity contribution in [3.63, 3.8) is 0 Å². The van der Waals surface area contributed by atoms with E-state index in [-0.39, 0.29) is 23.4 Å². The maximum atomic E-state index is 12.7. The van der Waals surface area contributed by atoms with Crippen LogP contribution >= 0.6 is 46.8 Å². The van der Waals surface area contributed by atoms with Gasteiger partial charge in [-0.1, -0.05) is 29.3 Å². The summed E-state index contributed by atoms with van der Waals surface area (Å²) in [6.07, 6.45) is 3.83. The van der Waals surface area contributed by atoms with Crippen LogP contribution in [0.15, 0.2) is 34.7 Å². The van der Waals surface area contributed by atoms with Gasteiger partial charge >= 0.3 is 5.97 Å². The first-order chi connectivity index (χ1) is 15.9. The van der Waals surface area contributed by atoms with Crippen molar-refractivity contribution in [2.45, 2.75) is 32.6 Å². The first-order valence-corrected chi connectivity index (χ1v) is 12.3. The van der Waals surface area contributed by atoms with Gasteiger partial charge in [-0.2, -0.15) is 0 Å². The molecule has 0 unspecified atom stereocenters. The van der Waals surface area contributed by atoms with Crippen molar-refractivity contribution in [3.8, 4) is 11.3 Å². The second-order valence-electron chi connectivity index (χ2n) is 7.31. The highest BCUT2D eigenvalue weighted by Gasteiger charge is 2.27. The molecule has 2 N–H and O–H groups in total. The summed E-state index contributed by atoms with van der Waals surface area (Å²) in [7, 11) is 0. The quantitative estimate of drug-likeness (QED) is 0.294. The second-order valence-corrected chi connectivity index (χ2v) is 9.61. The summed E-state index contributed by atoms with van der Waals surface area (Å²) in [5.74, 6) is -0.457. The van der Waals surface area contributed by atoms with E-state index < -0.39 is 5.91 Å². The minimum Gasteiger partial charge on any atom is -0.462 e. The molecule has 172 valence electrons. The molecule has 2 heterocycles. The Kier molecular flexibility index (Phi) is 7.38. The van der Waals surface area contributed by atoms with Crippen LogP contribution in [0.2, 0.25) is 10.0 Å². The van der Waals surface area contributed by atoms with Gasteiger partial charge in [0.15, 0.2) is 10.9 Å². The molecule has 1 aromatic carbocycles. The fourth-order valence-electron chi connectivity index (χ4n) is 3.67. The zero-order chi connectivity index (χ0) is 23.5. The summed E-state index contributed by atoms with van der Waals surface area (Å²) in [4.78, 5) is 26.4. The molecule has 1 aliphatic rings. The van der Waals surface area contributed by atoms with Crippen LogP contribution in [0.3, 0.4) is 0 Å². The van der Waals surface area contributed by atoms with Gasteiger partial charge < -0.3 is 14.5 Å². The molecule has 0 bridgehead atoms. The number of aryl methyl sites for hydroxylation is 1. The molecule has 0 aliphatic heterocycles. The molecule has 6 nitrogen and oxygen atoms in total. The lowest BCUT2D eigenvalue weighted by Crippen LogP contribution is -2.34. The van der Waals surface area contributed by atoms with Crippen molar-refractivity contribution in [2.75, 3.05) is 11.9 Å². The molecule has 3 aromatic rings. The minimum absolute atomic E-state index is 0.0567. The molecule has 1 aliphatic carbocycles. The summed E-state index contributed by atoms with van der Waals surface area (Å²) in [5, 5.41) is 6.96. The third-order valence-corrected chi connectivity index (χ3v) is 7.38. The fraction of sp³-hybridized carbons (Fsp3) is 0.261. The van der Waals surface area contributed by atoms with Gasteiger partial charge in [0, 0.05) is 10.4 Å². The van der Waals surface area contributed by atoms with Gasteiger partial charge in [-0.15, -0.1) is 11.3 Å². The van der Waals surface area contributed by atoms with Crippen LogP contribution in [-0.2, 0) is 17.6 Å². The Morgan fingerprint density at radius 3 is 2.76 bits per heavy atom. The van der Waals surface area contributed by atoms with Crippen molar-refractivity contribution in [2.24, 2.45) is 0 Å². The lowest BCUT2D eigenvalue weighted by Gasteiger charge is -2.12. The van der Waals surface area contributed by atoms with Crippen molar-refractivity contribution < 1.29 is 18.7 Å². The number of hydrogen-bond donors (Lipinski definition) is 2. The zero-order valence-electron chi connectivity index (χ0n) is 17.6. The highest BCUT2D eigenvalue weighted by Crippen LogP contribution is 2.39. The highest BCUT2D eigenvalue weighted by molar-refractivity contribution is 7.80. The molecule has 0 spiro atoms. The molecule has 33 heavy (non-hydrogen) atoms. The SMILES string of the molecule is CCOC(=O)c1c(NC(=S)NC(=O)c2ccc(-c3cccc(Cl)c3Cl)o2)sc2c1CCCC2. The first-order valence-electron chi connectivity index (χ1n) is 10.4. The minimum atomic E-state index is -0.532. The van der Waals surface area contributed by atoms with Gasteiger partial charge in [0.2, 0.25) is 0 Å². The number of rotatable bonds is 5. The normalized spacial score (nSPS) is 12.7. The standard InChI is InChI=1S/C23H20Cl2N2O4S2/c1-2-30-22(29)18-13-6-3-4-9-17(13)33-21(18)27-23(32)26-20(28)16-11-10-15(31-16)12-7-5-8-14(24)19(12)25/h5,7-8,10-11H,2-4,6,9H2,1H3,(H2,26,27,28,32). The van der Waals surface area contributed by atoms with Gasteiger partial charge in [0.1, 0.15) is 10.8 Å². The largest absolute Gasteiger partial charge is 0.462 e. The van der Waals surface area contributed by atoms with Gasteiger partial charge in [-0.05, 0) is 74.7 Å². The van der Waals surface area contributed by atoms with Crippen molar-refractivity contribution in [1.82, 2.24) is 5.32 Å². The van der Waals surface area contributed by atoms with Crippen LogP contribution in [-0.4, -0.2) is 23.6 Å². The molecule has 1 amide bonds. The number of hydrogen-bond acceptors (Lipinski definition) is 6. The number of furan rings is 1. The van der Waals surface area contributed by atoms with Crippen LogP contribution in [0.1, 0.15) is 51.1 Å². The van der Waals surface area contributed by atoms with Crippen molar-refractivity contribution in [1.29, 1.82) is 0 Å². The van der Waals surface area contributed by atoms with Gasteiger partial charge in [-0.3, -0.25) is 10.1 Å². The Labute approximate surface area is 210 Å². The second kappa shape index (κ2) is 10.3. The summed E-state index contributed by atoms with van der Waals surface area (Å²) < 4.78 is 10.9. The number of halogens is 2. The topological polar surface area (TPSA) is 80.6 Å². The number of ether oxygens (including phenoxy) is 1. The number of amides is 1. The fourth-order valence-corrected chi connectivity index (χ4v) is 5.61. The molecule has 4 rings (SSSR count). The van der Waals surface area contributed by atoms with Gasteiger partial charge in [0.05, 0.1) is 22.2 Å². The molecule has 2 aromatic heterocycles. The molecule has 0 atom stereocenters. The Bertz CT molecular complexity index is 1240. The van der Waals surface area contributed by atoms with E-state index in [0.717, 1.165) is 36.1 Å². The molecule has 0 fully saturated rings. The molecule has 0 saturated carbocycles. The smallest absolute Gasteiger partial charge is 0.341 e. The number of anilines is 1. The first kappa shape index (κ1) is 23.8. The van der Waals surface area contributed by atoms with E-state index in [2.05, 4.69) is 10.6 Å². The van der Waals surface area contributed by atoms with Gasteiger partial charge in [0.25, 0.3) is 5.91 Å². The lowest BCUT2D eigenvalue weighted by atomic mass is 9.95. The predicted molar refractivity (Wildman–Crippen MR) is 135 cm³/mol. The highest BCUT2D eigenvalue weighted by atomic mass is 35.5. The predicted octanol–water partition coefficient (Wildman–Crippen LogP) is 6.50. The maximum absolute atomic E-state index is 12.7. The maximum Gasteiger partial charge on any atom is 0.341 e. The number of thiophene rings is 1. The van der Waals surface area contributed by atoms with Crippen LogP contribution < -0.4 is 10.6 Å². The number of nitrogens with one attached hydrogen (secondary N) is 2. The monoisotopic (exact) mass is 522 g/mol. The van der Waals surface area contributed by atoms with Crippen LogP contribution in [0.5, 0.6) is 0 Å². The van der Waals surface area contributed by atoms with Crippen LogP contribution in [0.4, 0.5) is 5.00 Å². The average Bonchev–Trinajstić information content (AvgIpc) is 3.40. The third kappa shape index (κ3) is 5.09. The Balaban J connectivity index is 1.49. The Hall–Kier alpha value is -2.39. The van der Waals surface area contributed by atoms with E-state index in [4.69, 9.17) is 44.6 Å². The molecular weight excluding hydrogens is 503 g/mol. The molecule has 0 radical (unpaired) electrons. The van der Waals surface area contributed by atoms with E-state index in [9.17, 15) is 9.59 Å². The number of carbonyl (C=O) groups is 2. The van der Waals surface area contributed by atoms with Crippen molar-refractivity contribution in [3.05, 3.63) is 62.1 Å². The Morgan fingerprint density at radius 1 is 1.18 bits per heavy atom. The third-order valence-electron chi connectivity index (χ3n) is 5.15. The number of carbonyl (C=O) groups excluding carboxylic acids is 2. The average molecular weight is 523 g/mol. The van der Waals surface area contributed by atoms with E-state index >= 15 is 0 Å². The van der Waals surface area contributed by atoms with E-state index in [1.54, 1.807) is 31.2 Å². The number of thiocarbonyl (C=S) groups is 1. The number of fused-ring (bicyclic) bond motifs is 1. The summed E-state index contributed by atoms with van der Waals surface area (Å²) in [5.41, 5.74) is 2.09. The number of esters is 1. The van der Waals surface area contributed by atoms with E-state index in [1.807, 2.05) is 0 Å². The molecule has 0 saturated heterocycles. The van der Waals surface area contributed by atoms with Crippen LogP contribution in [0.25, 0.3) is 11.3 Å². The summed E-state index contributed by atoms with van der Waals surface area (Å²) in [6, 6.07) is 8.32. The Morgan fingerprint density at radius 2 is 1.97 bits per heavy atom.